The number of amides is 1. The zero-order valence-corrected chi connectivity index (χ0v) is 17.2. The highest BCUT2D eigenvalue weighted by Crippen LogP contribution is 2.29. The van der Waals surface area contributed by atoms with E-state index in [4.69, 9.17) is 16.3 Å². The zero-order chi connectivity index (χ0) is 21.8. The van der Waals surface area contributed by atoms with Gasteiger partial charge in [-0.25, -0.2) is 4.79 Å². The Morgan fingerprint density at radius 3 is 2.52 bits per heavy atom. The van der Waals surface area contributed by atoms with Crippen LogP contribution in [0.4, 0.5) is 5.69 Å². The molecule has 0 atom stereocenters. The van der Waals surface area contributed by atoms with Gasteiger partial charge in [0.05, 0.1) is 16.9 Å². The molecule has 0 bridgehead atoms. The molecule has 0 radical (unpaired) electrons. The SMILES string of the molecule is Cn1cc(C(=O)Oc2ccc(C(=O)Nc3cccnc3)cc2)c(-c2ccccc2Cl)n1. The second-order valence-corrected chi connectivity index (χ2v) is 7.06. The minimum absolute atomic E-state index is 0.286. The molecule has 2 heterocycles. The number of pyridine rings is 1. The third kappa shape index (κ3) is 4.62. The van der Waals surface area contributed by atoms with Crippen LogP contribution in [0, 0.1) is 0 Å². The minimum Gasteiger partial charge on any atom is -0.423 e. The molecule has 0 unspecified atom stereocenters. The Kier molecular flexibility index (Phi) is 5.77. The Morgan fingerprint density at radius 2 is 1.81 bits per heavy atom. The third-order valence-corrected chi connectivity index (χ3v) is 4.75. The number of anilines is 1. The number of esters is 1. The van der Waals surface area contributed by atoms with Gasteiger partial charge in [-0.3, -0.25) is 14.5 Å². The van der Waals surface area contributed by atoms with Gasteiger partial charge in [0.1, 0.15) is 17.0 Å². The van der Waals surface area contributed by atoms with E-state index in [0.717, 1.165) is 0 Å². The van der Waals surface area contributed by atoms with E-state index in [1.807, 2.05) is 6.07 Å². The number of carbonyl (C=O) groups excluding carboxylic acids is 2. The number of ether oxygens (including phenoxy) is 1. The van der Waals surface area contributed by atoms with Crippen LogP contribution in [0.5, 0.6) is 5.75 Å². The number of carbonyl (C=O) groups is 2. The number of rotatable bonds is 5. The first kappa shape index (κ1) is 20.3. The van der Waals surface area contributed by atoms with Crippen molar-refractivity contribution in [1.29, 1.82) is 0 Å². The molecule has 0 aliphatic heterocycles. The molecule has 2 aromatic carbocycles. The van der Waals surface area contributed by atoms with Gasteiger partial charge in [0.2, 0.25) is 0 Å². The summed E-state index contributed by atoms with van der Waals surface area (Å²) < 4.78 is 7.02. The summed E-state index contributed by atoms with van der Waals surface area (Å²) in [7, 11) is 1.72. The molecule has 8 heteroatoms. The molecule has 31 heavy (non-hydrogen) atoms. The highest BCUT2D eigenvalue weighted by Gasteiger charge is 2.21. The lowest BCUT2D eigenvalue weighted by Crippen LogP contribution is -2.12. The minimum atomic E-state index is -0.574. The number of hydrogen-bond donors (Lipinski definition) is 1. The largest absolute Gasteiger partial charge is 0.423 e. The monoisotopic (exact) mass is 432 g/mol. The molecule has 0 aliphatic rings. The van der Waals surface area contributed by atoms with E-state index in [2.05, 4.69) is 15.4 Å². The van der Waals surface area contributed by atoms with Crippen molar-refractivity contribution in [2.24, 2.45) is 7.05 Å². The Balaban J connectivity index is 1.50. The van der Waals surface area contributed by atoms with E-state index in [-0.39, 0.29) is 11.5 Å². The molecule has 0 spiro atoms. The van der Waals surface area contributed by atoms with Gasteiger partial charge in [0.15, 0.2) is 0 Å². The first-order valence-corrected chi connectivity index (χ1v) is 9.71. The summed E-state index contributed by atoms with van der Waals surface area (Å²) in [5.41, 5.74) is 2.37. The lowest BCUT2D eigenvalue weighted by Gasteiger charge is -2.07. The number of halogens is 1. The van der Waals surface area contributed by atoms with Gasteiger partial charge in [0.25, 0.3) is 5.91 Å². The van der Waals surface area contributed by atoms with Gasteiger partial charge in [-0.2, -0.15) is 5.10 Å². The second kappa shape index (κ2) is 8.81. The lowest BCUT2D eigenvalue weighted by atomic mass is 10.1. The predicted molar refractivity (Wildman–Crippen MR) is 117 cm³/mol. The molecular weight excluding hydrogens is 416 g/mol. The topological polar surface area (TPSA) is 86.1 Å². The maximum atomic E-state index is 12.8. The van der Waals surface area contributed by atoms with E-state index in [1.165, 1.54) is 4.68 Å². The molecule has 0 saturated heterocycles. The van der Waals surface area contributed by atoms with Crippen molar-refractivity contribution in [3.8, 4) is 17.0 Å². The van der Waals surface area contributed by atoms with Crippen LogP contribution < -0.4 is 10.1 Å². The van der Waals surface area contributed by atoms with Crippen molar-refractivity contribution >= 4 is 29.2 Å². The van der Waals surface area contributed by atoms with E-state index in [9.17, 15) is 9.59 Å². The molecular formula is C23H17ClN4O3. The number of aryl methyl sites for hydroxylation is 1. The molecule has 0 saturated carbocycles. The van der Waals surface area contributed by atoms with Crippen LogP contribution in [-0.4, -0.2) is 26.6 Å². The number of aromatic nitrogens is 3. The molecule has 7 nitrogen and oxygen atoms in total. The fraction of sp³-hybridized carbons (Fsp3) is 0.0435. The Hall–Kier alpha value is -3.97. The number of benzene rings is 2. The van der Waals surface area contributed by atoms with Crippen LogP contribution in [0.25, 0.3) is 11.3 Å². The fourth-order valence-corrected chi connectivity index (χ4v) is 3.19. The average molecular weight is 433 g/mol. The molecule has 2 aromatic heterocycles. The Bertz CT molecular complexity index is 1240. The molecule has 0 fully saturated rings. The summed E-state index contributed by atoms with van der Waals surface area (Å²) in [4.78, 5) is 29.1. The summed E-state index contributed by atoms with van der Waals surface area (Å²) in [6.45, 7) is 0. The van der Waals surface area contributed by atoms with Crippen molar-refractivity contribution in [1.82, 2.24) is 14.8 Å². The van der Waals surface area contributed by atoms with Crippen molar-refractivity contribution in [3.63, 3.8) is 0 Å². The Morgan fingerprint density at radius 1 is 1.03 bits per heavy atom. The van der Waals surface area contributed by atoms with E-state index in [1.54, 1.807) is 80.2 Å². The van der Waals surface area contributed by atoms with E-state index in [0.29, 0.717) is 33.3 Å². The molecule has 4 aromatic rings. The van der Waals surface area contributed by atoms with E-state index < -0.39 is 5.97 Å². The van der Waals surface area contributed by atoms with Gasteiger partial charge in [-0.1, -0.05) is 29.8 Å². The van der Waals surface area contributed by atoms with Gasteiger partial charge >= 0.3 is 5.97 Å². The summed E-state index contributed by atoms with van der Waals surface area (Å²) >= 11 is 6.27. The summed E-state index contributed by atoms with van der Waals surface area (Å²) in [5.74, 6) is -0.563. The summed E-state index contributed by atoms with van der Waals surface area (Å²) in [5, 5.41) is 7.59. The normalized spacial score (nSPS) is 10.5. The standard InChI is InChI=1S/C23H17ClN4O3/c1-28-14-19(21(27-28)18-6-2-3-7-20(18)24)23(30)31-17-10-8-15(9-11-17)22(29)26-16-5-4-12-25-13-16/h2-14H,1H3,(H,26,29). The first-order chi connectivity index (χ1) is 15.0. The first-order valence-electron chi connectivity index (χ1n) is 9.33. The molecule has 4 rings (SSSR count). The second-order valence-electron chi connectivity index (χ2n) is 6.65. The number of nitrogens with one attached hydrogen (secondary N) is 1. The maximum Gasteiger partial charge on any atom is 0.347 e. The molecule has 154 valence electrons. The van der Waals surface area contributed by atoms with Gasteiger partial charge in [-0.15, -0.1) is 0 Å². The van der Waals surface area contributed by atoms with Crippen molar-refractivity contribution in [3.05, 3.63) is 95.4 Å². The van der Waals surface area contributed by atoms with Crippen molar-refractivity contribution in [2.75, 3.05) is 5.32 Å². The smallest absolute Gasteiger partial charge is 0.347 e. The predicted octanol–water partition coefficient (Wildman–Crippen LogP) is 4.61. The summed E-state index contributed by atoms with van der Waals surface area (Å²) in [6, 6.07) is 16.9. The highest BCUT2D eigenvalue weighted by molar-refractivity contribution is 6.33. The third-order valence-electron chi connectivity index (χ3n) is 4.42. The van der Waals surface area contributed by atoms with Crippen LogP contribution >= 0.6 is 11.6 Å². The van der Waals surface area contributed by atoms with Crippen LogP contribution in [0.2, 0.25) is 5.02 Å². The number of nitrogens with zero attached hydrogens (tertiary/aromatic N) is 3. The highest BCUT2D eigenvalue weighted by atomic mass is 35.5. The van der Waals surface area contributed by atoms with E-state index >= 15 is 0 Å². The quantitative estimate of drug-likeness (QED) is 0.367. The van der Waals surface area contributed by atoms with Crippen molar-refractivity contribution < 1.29 is 14.3 Å². The van der Waals surface area contributed by atoms with Crippen LogP contribution in [-0.2, 0) is 7.05 Å². The van der Waals surface area contributed by atoms with Gasteiger partial charge in [-0.05, 0) is 42.5 Å². The number of hydrogen-bond acceptors (Lipinski definition) is 5. The molecule has 1 N–H and O–H groups in total. The molecule has 0 aliphatic carbocycles. The van der Waals surface area contributed by atoms with Gasteiger partial charge in [0, 0.05) is 30.6 Å². The van der Waals surface area contributed by atoms with Crippen LogP contribution in [0.3, 0.4) is 0 Å². The maximum absolute atomic E-state index is 12.8. The average Bonchev–Trinajstić information content (AvgIpc) is 3.17. The van der Waals surface area contributed by atoms with Crippen LogP contribution in [0.15, 0.2) is 79.3 Å². The van der Waals surface area contributed by atoms with Crippen LogP contribution in [0.1, 0.15) is 20.7 Å². The van der Waals surface area contributed by atoms with Crippen molar-refractivity contribution in [2.45, 2.75) is 0 Å². The lowest BCUT2D eigenvalue weighted by molar-refractivity contribution is 0.0735. The summed E-state index contributed by atoms with van der Waals surface area (Å²) in [6.07, 6.45) is 4.76. The molecule has 1 amide bonds. The zero-order valence-electron chi connectivity index (χ0n) is 16.4. The Labute approximate surface area is 183 Å². The fourth-order valence-electron chi connectivity index (χ4n) is 2.97. The van der Waals surface area contributed by atoms with Gasteiger partial charge < -0.3 is 10.1 Å².